The highest BCUT2D eigenvalue weighted by Crippen LogP contribution is 2.42. The highest BCUT2D eigenvalue weighted by molar-refractivity contribution is 5.94. The topological polar surface area (TPSA) is 40.6 Å². The van der Waals surface area contributed by atoms with Gasteiger partial charge in [0, 0.05) is 38.2 Å². The second-order valence-corrected chi connectivity index (χ2v) is 8.22. The first-order valence-electron chi connectivity index (χ1n) is 9.77. The third-order valence-corrected chi connectivity index (χ3v) is 6.63. The Morgan fingerprint density at radius 2 is 1.72 bits per heavy atom. The number of benzene rings is 1. The van der Waals surface area contributed by atoms with E-state index in [4.69, 9.17) is 0 Å². The predicted octanol–water partition coefficient (Wildman–Crippen LogP) is 3.33. The van der Waals surface area contributed by atoms with Crippen LogP contribution in [-0.2, 0) is 4.79 Å². The summed E-state index contributed by atoms with van der Waals surface area (Å²) in [7, 11) is 0. The summed E-state index contributed by atoms with van der Waals surface area (Å²) < 4.78 is 0. The van der Waals surface area contributed by atoms with Crippen molar-refractivity contribution in [2.45, 2.75) is 44.9 Å². The van der Waals surface area contributed by atoms with Crippen LogP contribution in [0.25, 0.3) is 0 Å². The van der Waals surface area contributed by atoms with Crippen LogP contribution in [0.5, 0.6) is 0 Å². The third-order valence-electron chi connectivity index (χ3n) is 6.63. The van der Waals surface area contributed by atoms with Gasteiger partial charge >= 0.3 is 0 Å². The minimum absolute atomic E-state index is 0.129. The van der Waals surface area contributed by atoms with Crippen LogP contribution in [-0.4, -0.2) is 47.8 Å². The van der Waals surface area contributed by atoms with Gasteiger partial charge in [-0.05, 0) is 55.6 Å². The summed E-state index contributed by atoms with van der Waals surface area (Å²) in [6, 6.07) is 9.53. The molecule has 0 unspecified atom stereocenters. The molecular formula is C21H28N2O2. The molecule has 134 valence electrons. The van der Waals surface area contributed by atoms with E-state index in [2.05, 4.69) is 4.90 Å². The van der Waals surface area contributed by atoms with E-state index in [1.807, 2.05) is 35.2 Å². The minimum atomic E-state index is 0.129. The quantitative estimate of drug-likeness (QED) is 0.847. The second kappa shape index (κ2) is 6.81. The summed E-state index contributed by atoms with van der Waals surface area (Å²) >= 11 is 0. The van der Waals surface area contributed by atoms with Crippen LogP contribution in [0.4, 0.5) is 0 Å². The fourth-order valence-corrected chi connectivity index (χ4v) is 4.57. The number of hydrogen-bond donors (Lipinski definition) is 0. The highest BCUT2D eigenvalue weighted by Gasteiger charge is 2.42. The van der Waals surface area contributed by atoms with Crippen LogP contribution in [0.3, 0.4) is 0 Å². The van der Waals surface area contributed by atoms with Crippen LogP contribution in [0.1, 0.15) is 55.3 Å². The molecule has 4 nitrogen and oxygen atoms in total. The van der Waals surface area contributed by atoms with Crippen LogP contribution in [0.15, 0.2) is 30.3 Å². The lowest BCUT2D eigenvalue weighted by molar-refractivity contribution is -0.140. The van der Waals surface area contributed by atoms with Crippen LogP contribution in [0.2, 0.25) is 0 Å². The van der Waals surface area contributed by atoms with Gasteiger partial charge in [0.15, 0.2) is 0 Å². The predicted molar refractivity (Wildman–Crippen MR) is 97.2 cm³/mol. The molecule has 1 aromatic rings. The zero-order valence-corrected chi connectivity index (χ0v) is 15.0. The van der Waals surface area contributed by atoms with E-state index in [0.717, 1.165) is 56.9 Å². The van der Waals surface area contributed by atoms with Gasteiger partial charge in [0.05, 0.1) is 0 Å². The molecular weight excluding hydrogens is 312 g/mol. The van der Waals surface area contributed by atoms with Crippen molar-refractivity contribution < 1.29 is 9.59 Å². The van der Waals surface area contributed by atoms with Gasteiger partial charge in [0.25, 0.3) is 5.91 Å². The number of amides is 2. The highest BCUT2D eigenvalue weighted by atomic mass is 16.2. The standard InChI is InChI=1S/C21H28N2O2/c24-19-15-21(11-14-23(19)16-17-5-4-6-17)9-12-22(13-10-21)20(25)18-7-2-1-3-8-18/h1-3,7-8,17H,4-6,9-16H2. The second-order valence-electron chi connectivity index (χ2n) is 8.22. The molecule has 1 saturated carbocycles. The molecule has 25 heavy (non-hydrogen) atoms. The van der Waals surface area contributed by atoms with Gasteiger partial charge in [-0.3, -0.25) is 9.59 Å². The first kappa shape index (κ1) is 16.6. The summed E-state index contributed by atoms with van der Waals surface area (Å²) in [5.74, 6) is 1.23. The number of rotatable bonds is 3. The molecule has 1 aliphatic carbocycles. The first-order chi connectivity index (χ1) is 12.2. The maximum atomic E-state index is 12.6. The number of carbonyl (C=O) groups is 2. The van der Waals surface area contributed by atoms with Gasteiger partial charge in [0.2, 0.25) is 5.91 Å². The van der Waals surface area contributed by atoms with E-state index in [0.29, 0.717) is 12.3 Å². The zero-order chi connectivity index (χ0) is 17.3. The lowest BCUT2D eigenvalue weighted by Crippen LogP contribution is -2.51. The molecule has 0 atom stereocenters. The molecule has 0 radical (unpaired) electrons. The van der Waals surface area contributed by atoms with E-state index in [9.17, 15) is 9.59 Å². The molecule has 1 spiro atoms. The van der Waals surface area contributed by atoms with Crippen LogP contribution < -0.4 is 0 Å². The number of carbonyl (C=O) groups excluding carboxylic acids is 2. The fraction of sp³-hybridized carbons (Fsp3) is 0.619. The lowest BCUT2D eigenvalue weighted by atomic mass is 9.70. The summed E-state index contributed by atoms with van der Waals surface area (Å²) in [5, 5.41) is 0. The molecule has 1 aromatic carbocycles. The average molecular weight is 340 g/mol. The van der Waals surface area contributed by atoms with Gasteiger partial charge < -0.3 is 9.80 Å². The molecule has 2 heterocycles. The van der Waals surface area contributed by atoms with Gasteiger partial charge in [-0.15, -0.1) is 0 Å². The monoisotopic (exact) mass is 340 g/mol. The van der Waals surface area contributed by atoms with Crippen LogP contribution >= 0.6 is 0 Å². The van der Waals surface area contributed by atoms with Crippen molar-refractivity contribution in [2.24, 2.45) is 11.3 Å². The van der Waals surface area contributed by atoms with E-state index in [-0.39, 0.29) is 11.3 Å². The maximum absolute atomic E-state index is 12.6. The van der Waals surface area contributed by atoms with Gasteiger partial charge in [-0.25, -0.2) is 0 Å². The normalized spacial score (nSPS) is 23.6. The summed E-state index contributed by atoms with van der Waals surface area (Å²) in [4.78, 5) is 29.3. The molecule has 0 aromatic heterocycles. The van der Waals surface area contributed by atoms with Crippen LogP contribution in [0, 0.1) is 11.3 Å². The molecule has 2 amide bonds. The number of nitrogens with zero attached hydrogens (tertiary/aromatic N) is 2. The van der Waals surface area contributed by atoms with E-state index in [1.165, 1.54) is 19.3 Å². The van der Waals surface area contributed by atoms with Crippen molar-refractivity contribution >= 4 is 11.8 Å². The SMILES string of the molecule is O=C1CC2(CCN1CC1CCC1)CCN(C(=O)c1ccccc1)CC2. The Balaban J connectivity index is 1.32. The van der Waals surface area contributed by atoms with Crippen molar-refractivity contribution in [3.63, 3.8) is 0 Å². The Labute approximate surface area is 150 Å². The molecule has 3 fully saturated rings. The smallest absolute Gasteiger partial charge is 0.253 e. The van der Waals surface area contributed by atoms with Crippen molar-refractivity contribution in [1.82, 2.24) is 9.80 Å². The minimum Gasteiger partial charge on any atom is -0.342 e. The fourth-order valence-electron chi connectivity index (χ4n) is 4.57. The molecule has 4 rings (SSSR count). The van der Waals surface area contributed by atoms with Crippen molar-refractivity contribution in [1.29, 1.82) is 0 Å². The third kappa shape index (κ3) is 3.44. The summed E-state index contributed by atoms with van der Waals surface area (Å²) in [6.07, 6.45) is 7.66. The number of likely N-dealkylation sites (tertiary alicyclic amines) is 2. The van der Waals surface area contributed by atoms with E-state index >= 15 is 0 Å². The summed E-state index contributed by atoms with van der Waals surface area (Å²) in [5.41, 5.74) is 0.908. The van der Waals surface area contributed by atoms with E-state index in [1.54, 1.807) is 0 Å². The Hall–Kier alpha value is -1.84. The first-order valence-corrected chi connectivity index (χ1v) is 9.77. The largest absolute Gasteiger partial charge is 0.342 e. The van der Waals surface area contributed by atoms with Crippen molar-refractivity contribution in [3.05, 3.63) is 35.9 Å². The van der Waals surface area contributed by atoms with Crippen molar-refractivity contribution in [3.8, 4) is 0 Å². The van der Waals surface area contributed by atoms with Gasteiger partial charge in [0.1, 0.15) is 0 Å². The Kier molecular flexibility index (Phi) is 4.53. The molecule has 0 bridgehead atoms. The summed E-state index contributed by atoms with van der Waals surface area (Å²) in [6.45, 7) is 3.46. The molecule has 2 aliphatic heterocycles. The number of piperidine rings is 2. The Bertz CT molecular complexity index is 631. The molecule has 0 N–H and O–H groups in total. The average Bonchev–Trinajstić information content (AvgIpc) is 2.60. The zero-order valence-electron chi connectivity index (χ0n) is 15.0. The number of hydrogen-bond acceptors (Lipinski definition) is 2. The molecule has 4 heteroatoms. The van der Waals surface area contributed by atoms with Gasteiger partial charge in [-0.2, -0.15) is 0 Å². The lowest BCUT2D eigenvalue weighted by Gasteiger charge is -2.47. The van der Waals surface area contributed by atoms with E-state index < -0.39 is 0 Å². The van der Waals surface area contributed by atoms with Gasteiger partial charge in [-0.1, -0.05) is 24.6 Å². The molecule has 3 aliphatic rings. The maximum Gasteiger partial charge on any atom is 0.253 e. The Morgan fingerprint density at radius 3 is 2.32 bits per heavy atom. The molecule has 2 saturated heterocycles. The Morgan fingerprint density at radius 1 is 1.04 bits per heavy atom. The van der Waals surface area contributed by atoms with Crippen molar-refractivity contribution in [2.75, 3.05) is 26.2 Å².